The number of Topliss-reactive ketones (excluding diaryl/α,β-unsaturated/α-hetero) is 2. The van der Waals surface area contributed by atoms with Crippen molar-refractivity contribution in [1.29, 1.82) is 0 Å². The minimum absolute atomic E-state index is 0.0556. The average molecular weight is 469 g/mol. The second-order valence-corrected chi connectivity index (χ2v) is 9.07. The summed E-state index contributed by atoms with van der Waals surface area (Å²) in [7, 11) is 0. The van der Waals surface area contributed by atoms with Crippen LogP contribution in [0.3, 0.4) is 0 Å². The van der Waals surface area contributed by atoms with Crippen LogP contribution in [0.15, 0.2) is 72.8 Å². The Morgan fingerprint density at radius 3 is 2.11 bits per heavy atom. The predicted octanol–water partition coefficient (Wildman–Crippen LogP) is 4.08. The van der Waals surface area contributed by atoms with Gasteiger partial charge >= 0.3 is 0 Å². The van der Waals surface area contributed by atoms with Gasteiger partial charge in [-0.3, -0.25) is 19.2 Å². The summed E-state index contributed by atoms with van der Waals surface area (Å²) in [5.74, 6) is -5.69. The zero-order valence-corrected chi connectivity index (χ0v) is 18.7. The molecule has 7 heteroatoms. The van der Waals surface area contributed by atoms with Crippen molar-refractivity contribution in [3.63, 3.8) is 0 Å². The number of ketones is 2. The van der Waals surface area contributed by atoms with Crippen LogP contribution in [0.2, 0.25) is 0 Å². The van der Waals surface area contributed by atoms with Crippen LogP contribution in [-0.2, 0) is 20.7 Å². The Balaban J connectivity index is 1.53. The number of aryl methyl sites for hydroxylation is 1. The van der Waals surface area contributed by atoms with Gasteiger partial charge in [-0.1, -0.05) is 61.5 Å². The zero-order valence-electron chi connectivity index (χ0n) is 18.7. The molecule has 3 aromatic carbocycles. The number of fused-ring (bicyclic) bond motifs is 3. The first-order valence-electron chi connectivity index (χ1n) is 11.5. The van der Waals surface area contributed by atoms with Gasteiger partial charge in [-0.2, -0.15) is 0 Å². The monoisotopic (exact) mass is 469 g/mol. The fourth-order valence-corrected chi connectivity index (χ4v) is 5.63. The molecule has 0 aromatic heterocycles. The molecule has 0 N–H and O–H groups in total. The van der Waals surface area contributed by atoms with Gasteiger partial charge in [0.05, 0.1) is 23.6 Å². The first kappa shape index (κ1) is 21.6. The van der Waals surface area contributed by atoms with Gasteiger partial charge in [0.1, 0.15) is 5.82 Å². The molecule has 1 aliphatic carbocycles. The third kappa shape index (κ3) is 2.79. The molecule has 3 aliphatic rings. The Morgan fingerprint density at radius 2 is 1.51 bits per heavy atom. The van der Waals surface area contributed by atoms with Crippen molar-refractivity contribution in [2.24, 2.45) is 11.8 Å². The molecular formula is C28H20FNO5. The molecule has 0 radical (unpaired) electrons. The van der Waals surface area contributed by atoms with Crippen molar-refractivity contribution < 1.29 is 28.3 Å². The van der Waals surface area contributed by atoms with E-state index in [1.165, 1.54) is 30.3 Å². The van der Waals surface area contributed by atoms with Crippen LogP contribution in [0.1, 0.15) is 44.9 Å². The van der Waals surface area contributed by atoms with E-state index >= 15 is 0 Å². The van der Waals surface area contributed by atoms with E-state index in [2.05, 4.69) is 0 Å². The van der Waals surface area contributed by atoms with Gasteiger partial charge in [0.25, 0.3) is 0 Å². The SMILES string of the molecule is CCc1ccc([C@@H]2OC3(C(=O)c4ccccc4C3=O)[C@H]3C(=O)N(c4cccc(F)c4)C(=O)[C@@H]23)cc1. The second kappa shape index (κ2) is 7.52. The van der Waals surface area contributed by atoms with Gasteiger partial charge in [-0.15, -0.1) is 0 Å². The summed E-state index contributed by atoms with van der Waals surface area (Å²) in [6.45, 7) is 2.01. The Labute approximate surface area is 200 Å². The number of hydrogen-bond donors (Lipinski definition) is 0. The first-order chi connectivity index (χ1) is 16.9. The lowest BCUT2D eigenvalue weighted by molar-refractivity contribution is -0.127. The number of hydrogen-bond acceptors (Lipinski definition) is 5. The quantitative estimate of drug-likeness (QED) is 0.427. The molecule has 0 bridgehead atoms. The smallest absolute Gasteiger partial charge is 0.241 e. The maximum absolute atomic E-state index is 14.0. The minimum Gasteiger partial charge on any atom is -0.349 e. The number of carbonyl (C=O) groups is 4. The molecule has 2 fully saturated rings. The summed E-state index contributed by atoms with van der Waals surface area (Å²) in [5.41, 5.74) is -0.0935. The molecule has 174 valence electrons. The van der Waals surface area contributed by atoms with Gasteiger partial charge < -0.3 is 4.74 Å². The summed E-state index contributed by atoms with van der Waals surface area (Å²) >= 11 is 0. The number of benzene rings is 3. The molecule has 1 spiro atoms. The Morgan fingerprint density at radius 1 is 0.857 bits per heavy atom. The summed E-state index contributed by atoms with van der Waals surface area (Å²) in [6.07, 6.45) is -0.193. The van der Waals surface area contributed by atoms with Crippen molar-refractivity contribution in [3.05, 3.63) is 101 Å². The van der Waals surface area contributed by atoms with Crippen molar-refractivity contribution in [3.8, 4) is 0 Å². The predicted molar refractivity (Wildman–Crippen MR) is 123 cm³/mol. The van der Waals surface area contributed by atoms with Crippen molar-refractivity contribution in [1.82, 2.24) is 0 Å². The number of imide groups is 1. The van der Waals surface area contributed by atoms with E-state index in [9.17, 15) is 23.6 Å². The number of nitrogens with zero attached hydrogens (tertiary/aromatic N) is 1. The molecule has 2 aliphatic heterocycles. The van der Waals surface area contributed by atoms with Crippen LogP contribution in [0, 0.1) is 17.7 Å². The Bertz CT molecular complexity index is 1390. The molecule has 0 saturated carbocycles. The van der Waals surface area contributed by atoms with Crippen LogP contribution in [0.4, 0.5) is 10.1 Å². The topological polar surface area (TPSA) is 80.8 Å². The van der Waals surface area contributed by atoms with Crippen LogP contribution in [0.5, 0.6) is 0 Å². The standard InChI is InChI=1S/C28H20FNO5/c1-2-15-10-12-16(13-11-15)23-21-22(27(34)30(26(21)33)18-7-5-6-17(29)14-18)28(35-23)24(31)19-8-3-4-9-20(19)25(28)32/h3-14,21-23H,2H2,1H3/t21-,22-,23+/m1/s1. The summed E-state index contributed by atoms with van der Waals surface area (Å²) in [4.78, 5) is 55.8. The third-order valence-corrected chi connectivity index (χ3v) is 7.30. The second-order valence-electron chi connectivity index (χ2n) is 9.07. The number of anilines is 1. The zero-order chi connectivity index (χ0) is 24.5. The Hall–Kier alpha value is -3.97. The molecule has 6 nitrogen and oxygen atoms in total. The molecule has 2 heterocycles. The fourth-order valence-electron chi connectivity index (χ4n) is 5.63. The fraction of sp³-hybridized carbons (Fsp3) is 0.214. The van der Waals surface area contributed by atoms with E-state index in [4.69, 9.17) is 4.74 Å². The number of rotatable bonds is 3. The molecule has 6 rings (SSSR count). The number of carbonyl (C=O) groups excluding carboxylic acids is 4. The van der Waals surface area contributed by atoms with E-state index < -0.39 is 52.7 Å². The molecule has 0 unspecified atom stereocenters. The summed E-state index contributed by atoms with van der Waals surface area (Å²) < 4.78 is 20.2. The van der Waals surface area contributed by atoms with Gasteiger partial charge in [0.15, 0.2) is 0 Å². The van der Waals surface area contributed by atoms with Crippen molar-refractivity contribution in [2.45, 2.75) is 25.0 Å². The van der Waals surface area contributed by atoms with Gasteiger partial charge in [-0.05, 0) is 35.7 Å². The number of halogens is 1. The normalized spacial score (nSPS) is 24.4. The molecule has 3 aromatic rings. The lowest BCUT2D eigenvalue weighted by atomic mass is 9.77. The highest BCUT2D eigenvalue weighted by molar-refractivity contribution is 6.37. The van der Waals surface area contributed by atoms with Crippen molar-refractivity contribution in [2.75, 3.05) is 4.90 Å². The lowest BCUT2D eigenvalue weighted by Crippen LogP contribution is -2.51. The molecular weight excluding hydrogens is 449 g/mol. The minimum atomic E-state index is -2.14. The highest BCUT2D eigenvalue weighted by Crippen LogP contribution is 2.57. The van der Waals surface area contributed by atoms with Crippen LogP contribution >= 0.6 is 0 Å². The van der Waals surface area contributed by atoms with Gasteiger partial charge in [0, 0.05) is 11.1 Å². The van der Waals surface area contributed by atoms with E-state index in [1.807, 2.05) is 19.1 Å². The summed E-state index contributed by atoms with van der Waals surface area (Å²) in [5, 5.41) is 0. The van der Waals surface area contributed by atoms with Crippen LogP contribution in [0.25, 0.3) is 0 Å². The van der Waals surface area contributed by atoms with E-state index in [0.29, 0.717) is 5.56 Å². The first-order valence-corrected chi connectivity index (χ1v) is 11.5. The molecule has 3 atom stereocenters. The summed E-state index contributed by atoms with van der Waals surface area (Å²) in [6, 6.07) is 18.8. The number of amides is 2. The lowest BCUT2D eigenvalue weighted by Gasteiger charge is -2.27. The van der Waals surface area contributed by atoms with Gasteiger partial charge in [0.2, 0.25) is 29.0 Å². The van der Waals surface area contributed by atoms with Gasteiger partial charge in [-0.25, -0.2) is 9.29 Å². The highest BCUT2D eigenvalue weighted by atomic mass is 19.1. The maximum Gasteiger partial charge on any atom is 0.241 e. The van der Waals surface area contributed by atoms with E-state index in [0.717, 1.165) is 23.0 Å². The number of ether oxygens (including phenoxy) is 1. The molecule has 2 amide bonds. The highest BCUT2D eigenvalue weighted by Gasteiger charge is 2.74. The molecule has 35 heavy (non-hydrogen) atoms. The van der Waals surface area contributed by atoms with Crippen LogP contribution < -0.4 is 4.90 Å². The Kier molecular flexibility index (Phi) is 4.63. The average Bonchev–Trinajstić information content (AvgIpc) is 3.44. The largest absolute Gasteiger partial charge is 0.349 e. The van der Waals surface area contributed by atoms with E-state index in [1.54, 1.807) is 24.3 Å². The third-order valence-electron chi connectivity index (χ3n) is 7.30. The van der Waals surface area contributed by atoms with Crippen LogP contribution in [-0.4, -0.2) is 29.0 Å². The van der Waals surface area contributed by atoms with E-state index in [-0.39, 0.29) is 16.8 Å². The maximum atomic E-state index is 14.0. The molecule has 2 saturated heterocycles. The van der Waals surface area contributed by atoms with Crippen molar-refractivity contribution >= 4 is 29.1 Å².